The van der Waals surface area contributed by atoms with Crippen molar-refractivity contribution in [1.82, 2.24) is 4.31 Å². The van der Waals surface area contributed by atoms with Crippen LogP contribution in [0, 0.1) is 0 Å². The molecule has 0 fully saturated rings. The first-order valence-electron chi connectivity index (χ1n) is 6.36. The Morgan fingerprint density at radius 1 is 1.24 bits per heavy atom. The van der Waals surface area contributed by atoms with Crippen molar-refractivity contribution in [2.45, 2.75) is 18.4 Å². The standard InChI is InChI=1S/C14H16ClNO3S2/c1-3-16(10-11-8-9-14(15)20-11)21(17,18)13-7-5-4-6-12(13)19-2/h4-9H,3,10H2,1-2H3. The molecule has 0 saturated carbocycles. The third kappa shape index (κ3) is 3.58. The topological polar surface area (TPSA) is 46.6 Å². The second-order valence-corrected chi connectivity index (χ2v) is 7.99. The van der Waals surface area contributed by atoms with Crippen molar-refractivity contribution in [3.8, 4) is 5.75 Å². The smallest absolute Gasteiger partial charge is 0.247 e. The van der Waals surface area contributed by atoms with Gasteiger partial charge in [0.1, 0.15) is 10.6 Å². The minimum atomic E-state index is -3.61. The summed E-state index contributed by atoms with van der Waals surface area (Å²) in [6.45, 7) is 2.48. The van der Waals surface area contributed by atoms with Crippen LogP contribution in [0.25, 0.3) is 0 Å². The lowest BCUT2D eigenvalue weighted by atomic mass is 10.3. The molecule has 0 N–H and O–H groups in total. The predicted molar refractivity (Wildman–Crippen MR) is 85.6 cm³/mol. The zero-order chi connectivity index (χ0) is 15.5. The molecule has 0 atom stereocenters. The molecular weight excluding hydrogens is 330 g/mol. The van der Waals surface area contributed by atoms with Crippen molar-refractivity contribution in [2.75, 3.05) is 13.7 Å². The number of nitrogens with zero attached hydrogens (tertiary/aromatic N) is 1. The summed E-state index contributed by atoms with van der Waals surface area (Å²) in [5.74, 6) is 0.347. The lowest BCUT2D eigenvalue weighted by molar-refractivity contribution is 0.392. The molecule has 0 saturated heterocycles. The van der Waals surface area contributed by atoms with Gasteiger partial charge in [-0.05, 0) is 24.3 Å². The van der Waals surface area contributed by atoms with E-state index in [0.717, 1.165) is 4.88 Å². The summed E-state index contributed by atoms with van der Waals surface area (Å²) < 4.78 is 32.8. The molecule has 0 bridgehead atoms. The highest BCUT2D eigenvalue weighted by molar-refractivity contribution is 7.89. The predicted octanol–water partition coefficient (Wildman–Crippen LogP) is 3.62. The first-order valence-corrected chi connectivity index (χ1v) is 9.00. The van der Waals surface area contributed by atoms with Gasteiger partial charge in [-0.3, -0.25) is 0 Å². The molecular formula is C14H16ClNO3S2. The summed E-state index contributed by atoms with van der Waals surface area (Å²) in [4.78, 5) is 1.08. The van der Waals surface area contributed by atoms with Crippen LogP contribution in [0.5, 0.6) is 5.75 Å². The van der Waals surface area contributed by atoms with Crippen molar-refractivity contribution in [1.29, 1.82) is 0 Å². The molecule has 4 nitrogen and oxygen atoms in total. The summed E-state index contributed by atoms with van der Waals surface area (Å²) in [5, 5.41) is 0. The molecule has 0 unspecified atom stereocenters. The van der Waals surface area contributed by atoms with E-state index in [1.54, 1.807) is 30.3 Å². The third-order valence-electron chi connectivity index (χ3n) is 3.00. The monoisotopic (exact) mass is 345 g/mol. The lowest BCUT2D eigenvalue weighted by Gasteiger charge is -2.21. The van der Waals surface area contributed by atoms with E-state index in [4.69, 9.17) is 16.3 Å². The molecule has 0 spiro atoms. The van der Waals surface area contributed by atoms with Crippen LogP contribution in [0.3, 0.4) is 0 Å². The molecule has 7 heteroatoms. The molecule has 114 valence electrons. The average Bonchev–Trinajstić information content (AvgIpc) is 2.89. The molecule has 2 aromatic rings. The Kier molecular flexibility index (Phi) is 5.27. The van der Waals surface area contributed by atoms with Gasteiger partial charge in [0.15, 0.2) is 0 Å². The number of benzene rings is 1. The molecule has 0 radical (unpaired) electrons. The van der Waals surface area contributed by atoms with Crippen LogP contribution in [0.2, 0.25) is 4.34 Å². The van der Waals surface area contributed by atoms with Gasteiger partial charge in [-0.15, -0.1) is 11.3 Å². The van der Waals surface area contributed by atoms with E-state index in [-0.39, 0.29) is 4.90 Å². The second kappa shape index (κ2) is 6.79. The summed E-state index contributed by atoms with van der Waals surface area (Å²) in [6.07, 6.45) is 0. The molecule has 0 amide bonds. The number of para-hydroxylation sites is 1. The fourth-order valence-corrected chi connectivity index (χ4v) is 4.72. The Labute approximate surface area is 134 Å². The van der Waals surface area contributed by atoms with Gasteiger partial charge >= 0.3 is 0 Å². The number of hydrogen-bond acceptors (Lipinski definition) is 4. The van der Waals surface area contributed by atoms with E-state index in [1.165, 1.54) is 22.8 Å². The van der Waals surface area contributed by atoms with E-state index in [0.29, 0.717) is 23.2 Å². The summed E-state index contributed by atoms with van der Waals surface area (Å²) in [6, 6.07) is 10.2. The van der Waals surface area contributed by atoms with Gasteiger partial charge in [0.2, 0.25) is 10.0 Å². The zero-order valence-electron chi connectivity index (χ0n) is 11.7. The van der Waals surface area contributed by atoms with Gasteiger partial charge in [-0.25, -0.2) is 8.42 Å². The van der Waals surface area contributed by atoms with Crippen LogP contribution in [0.4, 0.5) is 0 Å². The molecule has 0 aliphatic heterocycles. The Hall–Kier alpha value is -1.08. The molecule has 0 aliphatic rings. The molecule has 0 aliphatic carbocycles. The first kappa shape index (κ1) is 16.3. The highest BCUT2D eigenvalue weighted by Crippen LogP contribution is 2.29. The number of thiophene rings is 1. The number of hydrogen-bond donors (Lipinski definition) is 0. The number of ether oxygens (including phenoxy) is 1. The normalized spacial score (nSPS) is 11.8. The van der Waals surface area contributed by atoms with E-state index < -0.39 is 10.0 Å². The zero-order valence-corrected chi connectivity index (χ0v) is 14.1. The molecule has 2 rings (SSSR count). The van der Waals surface area contributed by atoms with Crippen LogP contribution in [0.15, 0.2) is 41.3 Å². The Morgan fingerprint density at radius 2 is 1.95 bits per heavy atom. The first-order chi connectivity index (χ1) is 9.98. The fraction of sp³-hybridized carbons (Fsp3) is 0.286. The largest absolute Gasteiger partial charge is 0.495 e. The average molecular weight is 346 g/mol. The second-order valence-electron chi connectivity index (χ2n) is 4.29. The summed E-state index contributed by atoms with van der Waals surface area (Å²) in [5.41, 5.74) is 0. The van der Waals surface area contributed by atoms with E-state index in [2.05, 4.69) is 0 Å². The van der Waals surface area contributed by atoms with Gasteiger partial charge in [0, 0.05) is 18.0 Å². The van der Waals surface area contributed by atoms with Gasteiger partial charge in [-0.1, -0.05) is 30.7 Å². The van der Waals surface area contributed by atoms with Gasteiger partial charge in [0.25, 0.3) is 0 Å². The quantitative estimate of drug-likeness (QED) is 0.803. The number of methoxy groups -OCH3 is 1. The van der Waals surface area contributed by atoms with E-state index >= 15 is 0 Å². The number of rotatable bonds is 6. The third-order valence-corrected chi connectivity index (χ3v) is 6.18. The van der Waals surface area contributed by atoms with Crippen molar-refractivity contribution < 1.29 is 13.2 Å². The van der Waals surface area contributed by atoms with Crippen LogP contribution in [-0.2, 0) is 16.6 Å². The minimum absolute atomic E-state index is 0.178. The summed E-state index contributed by atoms with van der Waals surface area (Å²) >= 11 is 7.28. The fourth-order valence-electron chi connectivity index (χ4n) is 1.95. The maximum absolute atomic E-state index is 12.8. The molecule has 1 heterocycles. The van der Waals surface area contributed by atoms with Crippen molar-refractivity contribution in [3.05, 3.63) is 45.6 Å². The summed E-state index contributed by atoms with van der Waals surface area (Å²) in [7, 11) is -2.15. The maximum Gasteiger partial charge on any atom is 0.247 e. The minimum Gasteiger partial charge on any atom is -0.495 e. The van der Waals surface area contributed by atoms with Crippen molar-refractivity contribution in [2.24, 2.45) is 0 Å². The maximum atomic E-state index is 12.8. The number of halogens is 1. The van der Waals surface area contributed by atoms with Crippen LogP contribution < -0.4 is 4.74 Å². The van der Waals surface area contributed by atoms with Crippen LogP contribution in [0.1, 0.15) is 11.8 Å². The van der Waals surface area contributed by atoms with Gasteiger partial charge in [-0.2, -0.15) is 4.31 Å². The molecule has 21 heavy (non-hydrogen) atoms. The van der Waals surface area contributed by atoms with Crippen LogP contribution in [-0.4, -0.2) is 26.4 Å². The number of sulfonamides is 1. The van der Waals surface area contributed by atoms with Gasteiger partial charge in [0.05, 0.1) is 11.4 Å². The van der Waals surface area contributed by atoms with Crippen LogP contribution >= 0.6 is 22.9 Å². The van der Waals surface area contributed by atoms with Gasteiger partial charge < -0.3 is 4.74 Å². The Morgan fingerprint density at radius 3 is 2.52 bits per heavy atom. The Balaban J connectivity index is 2.35. The van der Waals surface area contributed by atoms with Crippen molar-refractivity contribution in [3.63, 3.8) is 0 Å². The van der Waals surface area contributed by atoms with E-state index in [1.807, 2.05) is 13.0 Å². The van der Waals surface area contributed by atoms with Crippen molar-refractivity contribution >= 4 is 33.0 Å². The lowest BCUT2D eigenvalue weighted by Crippen LogP contribution is -2.30. The SMILES string of the molecule is CCN(Cc1ccc(Cl)s1)S(=O)(=O)c1ccccc1OC. The molecule has 1 aromatic carbocycles. The highest BCUT2D eigenvalue weighted by Gasteiger charge is 2.26. The van der Waals surface area contributed by atoms with E-state index in [9.17, 15) is 8.42 Å². The Bertz CT molecular complexity index is 713. The molecule has 1 aromatic heterocycles. The highest BCUT2D eigenvalue weighted by atomic mass is 35.5.